The number of anilines is 2. The predicted molar refractivity (Wildman–Crippen MR) is 125 cm³/mol. The summed E-state index contributed by atoms with van der Waals surface area (Å²) in [6.07, 6.45) is 3.31. The van der Waals surface area contributed by atoms with Crippen LogP contribution in [0.2, 0.25) is 0 Å². The molecule has 0 aliphatic heterocycles. The fraction of sp³-hybridized carbons (Fsp3) is 0.250. The van der Waals surface area contributed by atoms with Crippen molar-refractivity contribution < 1.29 is 9.59 Å². The molecule has 32 heavy (non-hydrogen) atoms. The SMILES string of the molecule is Cc1ccc(NC(=O)c2cc(C)n(C(C)(C)C)n2)cc1NC(=O)c1cnc2[nH]ccc2c1. The number of pyridine rings is 1. The van der Waals surface area contributed by atoms with Gasteiger partial charge in [-0.3, -0.25) is 14.3 Å². The summed E-state index contributed by atoms with van der Waals surface area (Å²) in [5.41, 5.74) is 4.27. The summed E-state index contributed by atoms with van der Waals surface area (Å²) < 4.78 is 1.83. The maximum Gasteiger partial charge on any atom is 0.276 e. The Morgan fingerprint density at radius 2 is 1.78 bits per heavy atom. The molecule has 8 nitrogen and oxygen atoms in total. The number of aromatic amines is 1. The van der Waals surface area contributed by atoms with Crippen molar-refractivity contribution in [1.29, 1.82) is 0 Å². The van der Waals surface area contributed by atoms with Gasteiger partial charge in [0.2, 0.25) is 0 Å². The molecular weight excluding hydrogens is 404 g/mol. The monoisotopic (exact) mass is 430 g/mol. The lowest BCUT2D eigenvalue weighted by molar-refractivity contribution is 0.101. The van der Waals surface area contributed by atoms with Crippen molar-refractivity contribution in [3.05, 3.63) is 71.3 Å². The third kappa shape index (κ3) is 4.25. The van der Waals surface area contributed by atoms with Crippen molar-refractivity contribution in [2.45, 2.75) is 40.2 Å². The van der Waals surface area contributed by atoms with Crippen LogP contribution < -0.4 is 10.6 Å². The summed E-state index contributed by atoms with van der Waals surface area (Å²) in [5, 5.41) is 11.1. The molecule has 0 atom stereocenters. The van der Waals surface area contributed by atoms with Crippen molar-refractivity contribution >= 4 is 34.2 Å². The summed E-state index contributed by atoms with van der Waals surface area (Å²) in [7, 11) is 0. The van der Waals surface area contributed by atoms with Crippen molar-refractivity contribution in [2.75, 3.05) is 10.6 Å². The number of benzene rings is 1. The van der Waals surface area contributed by atoms with Crippen molar-refractivity contribution in [1.82, 2.24) is 19.7 Å². The third-order valence-electron chi connectivity index (χ3n) is 5.16. The molecule has 8 heteroatoms. The van der Waals surface area contributed by atoms with Crippen LogP contribution in [-0.2, 0) is 5.54 Å². The molecule has 0 spiro atoms. The Hall–Kier alpha value is -3.94. The molecule has 2 amide bonds. The molecule has 0 aliphatic rings. The van der Waals surface area contributed by atoms with E-state index in [-0.39, 0.29) is 17.4 Å². The van der Waals surface area contributed by atoms with Gasteiger partial charge in [-0.05, 0) is 70.5 Å². The first-order valence-corrected chi connectivity index (χ1v) is 10.4. The highest BCUT2D eigenvalue weighted by Crippen LogP contribution is 2.23. The first kappa shape index (κ1) is 21.3. The largest absolute Gasteiger partial charge is 0.346 e. The van der Waals surface area contributed by atoms with Gasteiger partial charge in [-0.1, -0.05) is 6.07 Å². The highest BCUT2D eigenvalue weighted by molar-refractivity contribution is 6.07. The van der Waals surface area contributed by atoms with E-state index < -0.39 is 0 Å². The number of H-pyrrole nitrogens is 1. The van der Waals surface area contributed by atoms with Crippen molar-refractivity contribution in [2.24, 2.45) is 0 Å². The van der Waals surface area contributed by atoms with Gasteiger partial charge in [0, 0.05) is 34.8 Å². The summed E-state index contributed by atoms with van der Waals surface area (Å²) >= 11 is 0. The minimum absolute atomic E-state index is 0.220. The van der Waals surface area contributed by atoms with E-state index in [9.17, 15) is 9.59 Å². The van der Waals surface area contributed by atoms with E-state index in [1.807, 2.05) is 51.4 Å². The molecule has 164 valence electrons. The van der Waals surface area contributed by atoms with E-state index in [4.69, 9.17) is 0 Å². The van der Waals surface area contributed by atoms with Crippen LogP contribution in [0, 0.1) is 13.8 Å². The lowest BCUT2D eigenvalue weighted by Crippen LogP contribution is -2.25. The Bertz CT molecular complexity index is 1330. The van der Waals surface area contributed by atoms with E-state index in [2.05, 4.69) is 25.7 Å². The van der Waals surface area contributed by atoms with Crippen LogP contribution in [-0.4, -0.2) is 31.6 Å². The fourth-order valence-electron chi connectivity index (χ4n) is 3.55. The summed E-state index contributed by atoms with van der Waals surface area (Å²) in [5.74, 6) is -0.578. The van der Waals surface area contributed by atoms with Crippen LogP contribution in [0.15, 0.2) is 48.8 Å². The number of aromatic nitrogens is 4. The zero-order valence-electron chi connectivity index (χ0n) is 18.8. The number of carbonyl (C=O) groups excluding carboxylic acids is 2. The molecular formula is C24H26N6O2. The standard InChI is InChI=1S/C24H26N6O2/c1-14-6-7-18(27-23(32)20-10-15(2)30(29-20)24(3,4)5)12-19(14)28-22(31)17-11-16-8-9-25-21(16)26-13-17/h6-13H,1-5H3,(H,25,26)(H,27,32)(H,28,31). The average molecular weight is 431 g/mol. The van der Waals surface area contributed by atoms with Crippen LogP contribution in [0.3, 0.4) is 0 Å². The Morgan fingerprint density at radius 1 is 1.00 bits per heavy atom. The van der Waals surface area contributed by atoms with Crippen LogP contribution in [0.4, 0.5) is 11.4 Å². The number of hydrogen-bond acceptors (Lipinski definition) is 4. The second-order valence-electron chi connectivity index (χ2n) is 8.83. The number of rotatable bonds is 4. The normalized spacial score (nSPS) is 11.5. The Morgan fingerprint density at radius 3 is 2.50 bits per heavy atom. The number of carbonyl (C=O) groups is 2. The maximum atomic E-state index is 12.8. The highest BCUT2D eigenvalue weighted by atomic mass is 16.2. The van der Waals surface area contributed by atoms with Gasteiger partial charge in [-0.25, -0.2) is 4.98 Å². The second-order valence-corrected chi connectivity index (χ2v) is 8.83. The molecule has 0 radical (unpaired) electrons. The molecule has 4 aromatic rings. The van der Waals surface area contributed by atoms with Crippen LogP contribution in [0.25, 0.3) is 11.0 Å². The molecule has 0 aliphatic carbocycles. The number of amides is 2. The minimum Gasteiger partial charge on any atom is -0.346 e. The van der Waals surface area contributed by atoms with E-state index >= 15 is 0 Å². The topological polar surface area (TPSA) is 105 Å². The zero-order chi connectivity index (χ0) is 23.0. The lowest BCUT2D eigenvalue weighted by Gasteiger charge is -2.21. The van der Waals surface area contributed by atoms with Crippen molar-refractivity contribution in [3.8, 4) is 0 Å². The molecule has 1 aromatic carbocycles. The second kappa shape index (κ2) is 7.96. The van der Waals surface area contributed by atoms with E-state index in [1.165, 1.54) is 6.20 Å². The first-order chi connectivity index (χ1) is 15.1. The summed E-state index contributed by atoms with van der Waals surface area (Å²) in [6.45, 7) is 9.92. The smallest absolute Gasteiger partial charge is 0.276 e. The summed E-state index contributed by atoms with van der Waals surface area (Å²) in [4.78, 5) is 32.8. The molecule has 0 saturated heterocycles. The van der Waals surface area contributed by atoms with Gasteiger partial charge in [0.1, 0.15) is 5.65 Å². The molecule has 0 unspecified atom stereocenters. The molecule has 3 aromatic heterocycles. The molecule has 3 heterocycles. The van der Waals surface area contributed by atoms with Crippen LogP contribution in [0.5, 0.6) is 0 Å². The summed E-state index contributed by atoms with van der Waals surface area (Å²) in [6, 6.07) is 10.8. The Balaban J connectivity index is 1.52. The van der Waals surface area contributed by atoms with Gasteiger partial charge < -0.3 is 15.6 Å². The molecule has 3 N–H and O–H groups in total. The van der Waals surface area contributed by atoms with Gasteiger partial charge >= 0.3 is 0 Å². The van der Waals surface area contributed by atoms with E-state index in [1.54, 1.807) is 30.5 Å². The molecule has 0 fully saturated rings. The third-order valence-corrected chi connectivity index (χ3v) is 5.16. The number of nitrogens with one attached hydrogen (secondary N) is 3. The fourth-order valence-corrected chi connectivity index (χ4v) is 3.55. The van der Waals surface area contributed by atoms with Crippen LogP contribution >= 0.6 is 0 Å². The predicted octanol–water partition coefficient (Wildman–Crippen LogP) is 4.64. The molecule has 4 rings (SSSR count). The van der Waals surface area contributed by atoms with Gasteiger partial charge in [-0.2, -0.15) is 5.10 Å². The lowest BCUT2D eigenvalue weighted by atomic mass is 10.1. The average Bonchev–Trinajstić information content (AvgIpc) is 3.36. The van der Waals surface area contributed by atoms with Gasteiger partial charge in [0.05, 0.1) is 11.1 Å². The number of hydrogen-bond donors (Lipinski definition) is 3. The van der Waals surface area contributed by atoms with Gasteiger partial charge in [-0.15, -0.1) is 0 Å². The first-order valence-electron chi connectivity index (χ1n) is 10.4. The maximum absolute atomic E-state index is 12.8. The van der Waals surface area contributed by atoms with E-state index in [0.717, 1.165) is 22.3 Å². The number of aryl methyl sites for hydroxylation is 2. The van der Waals surface area contributed by atoms with Crippen LogP contribution in [0.1, 0.15) is 52.9 Å². The molecule has 0 saturated carbocycles. The number of nitrogens with zero attached hydrogens (tertiary/aromatic N) is 3. The Kier molecular flexibility index (Phi) is 5.30. The quantitative estimate of drug-likeness (QED) is 0.439. The van der Waals surface area contributed by atoms with Gasteiger partial charge in [0.25, 0.3) is 11.8 Å². The zero-order valence-corrected chi connectivity index (χ0v) is 18.8. The van der Waals surface area contributed by atoms with Crippen molar-refractivity contribution in [3.63, 3.8) is 0 Å². The molecule has 0 bridgehead atoms. The van der Waals surface area contributed by atoms with E-state index in [0.29, 0.717) is 22.6 Å². The van der Waals surface area contributed by atoms with Gasteiger partial charge in [0.15, 0.2) is 5.69 Å². The highest BCUT2D eigenvalue weighted by Gasteiger charge is 2.20. The number of fused-ring (bicyclic) bond motifs is 1. The Labute approximate surface area is 186 Å². The minimum atomic E-state index is -0.306.